The number of sulfonamides is 1. The molecular weight excluding hydrogens is 248 g/mol. The van der Waals surface area contributed by atoms with Gasteiger partial charge in [0.1, 0.15) is 6.10 Å². The number of thiophene rings is 1. The van der Waals surface area contributed by atoms with Gasteiger partial charge in [0.15, 0.2) is 0 Å². The standard InChI is InChI=1S/C9H16N2O3S2/c1-16(13,14)11-5-4-10-7-8(12)9-3-2-6-15-9/h2-3,6,8,10-12H,4-5,7H2,1H3. The lowest BCUT2D eigenvalue weighted by molar-refractivity contribution is 0.179. The summed E-state index contributed by atoms with van der Waals surface area (Å²) in [6.07, 6.45) is 0.589. The molecule has 0 spiro atoms. The van der Waals surface area contributed by atoms with Gasteiger partial charge < -0.3 is 10.4 Å². The summed E-state index contributed by atoms with van der Waals surface area (Å²) in [6, 6.07) is 3.75. The first kappa shape index (κ1) is 13.6. The van der Waals surface area contributed by atoms with Crippen molar-refractivity contribution in [3.05, 3.63) is 22.4 Å². The molecule has 0 saturated heterocycles. The topological polar surface area (TPSA) is 78.4 Å². The quantitative estimate of drug-likeness (QED) is 0.602. The number of aliphatic hydroxyl groups excluding tert-OH is 1. The van der Waals surface area contributed by atoms with Crippen molar-refractivity contribution in [2.75, 3.05) is 25.9 Å². The van der Waals surface area contributed by atoms with E-state index in [0.717, 1.165) is 11.1 Å². The minimum absolute atomic E-state index is 0.329. The smallest absolute Gasteiger partial charge is 0.208 e. The maximum absolute atomic E-state index is 10.7. The Morgan fingerprint density at radius 1 is 1.50 bits per heavy atom. The average molecular weight is 264 g/mol. The molecule has 0 aliphatic carbocycles. The summed E-state index contributed by atoms with van der Waals surface area (Å²) < 4.78 is 23.8. The van der Waals surface area contributed by atoms with Crippen LogP contribution >= 0.6 is 11.3 Å². The van der Waals surface area contributed by atoms with Crippen molar-refractivity contribution in [2.45, 2.75) is 6.10 Å². The number of hydrogen-bond acceptors (Lipinski definition) is 5. The van der Waals surface area contributed by atoms with E-state index in [0.29, 0.717) is 19.6 Å². The van der Waals surface area contributed by atoms with Crippen LogP contribution in [0.5, 0.6) is 0 Å². The van der Waals surface area contributed by atoms with E-state index in [9.17, 15) is 13.5 Å². The van der Waals surface area contributed by atoms with E-state index in [1.54, 1.807) is 0 Å². The molecular formula is C9H16N2O3S2. The molecule has 1 atom stereocenters. The molecule has 1 heterocycles. The zero-order chi connectivity index (χ0) is 12.0. The molecule has 0 aliphatic rings. The van der Waals surface area contributed by atoms with E-state index >= 15 is 0 Å². The van der Waals surface area contributed by atoms with Gasteiger partial charge in [-0.25, -0.2) is 13.1 Å². The zero-order valence-corrected chi connectivity index (χ0v) is 10.6. The maximum atomic E-state index is 10.7. The van der Waals surface area contributed by atoms with E-state index in [1.807, 2.05) is 17.5 Å². The highest BCUT2D eigenvalue weighted by Gasteiger charge is 2.07. The van der Waals surface area contributed by atoms with E-state index in [1.165, 1.54) is 11.3 Å². The minimum atomic E-state index is -3.12. The number of hydrogen-bond donors (Lipinski definition) is 3. The Labute approximate surface area is 99.6 Å². The highest BCUT2D eigenvalue weighted by Crippen LogP contribution is 2.17. The molecule has 1 unspecified atom stereocenters. The Hall–Kier alpha value is -0.470. The predicted molar refractivity (Wildman–Crippen MR) is 65.0 cm³/mol. The predicted octanol–water partition coefficient (Wildman–Crippen LogP) is -0.0797. The molecule has 0 fully saturated rings. The second-order valence-electron chi connectivity index (χ2n) is 3.40. The number of rotatable bonds is 7. The van der Waals surface area contributed by atoms with E-state index < -0.39 is 16.1 Å². The van der Waals surface area contributed by atoms with Gasteiger partial charge in [0.2, 0.25) is 10.0 Å². The molecule has 5 nitrogen and oxygen atoms in total. The zero-order valence-electron chi connectivity index (χ0n) is 9.01. The van der Waals surface area contributed by atoms with Crippen LogP contribution in [0.4, 0.5) is 0 Å². The summed E-state index contributed by atoms with van der Waals surface area (Å²) in [7, 11) is -3.12. The minimum Gasteiger partial charge on any atom is -0.386 e. The fourth-order valence-electron chi connectivity index (χ4n) is 1.15. The van der Waals surface area contributed by atoms with Crippen molar-refractivity contribution in [3.8, 4) is 0 Å². The van der Waals surface area contributed by atoms with Crippen LogP contribution in [-0.2, 0) is 10.0 Å². The molecule has 16 heavy (non-hydrogen) atoms. The van der Waals surface area contributed by atoms with Crippen LogP contribution < -0.4 is 10.0 Å². The Bertz CT molecular complexity index is 389. The summed E-state index contributed by atoms with van der Waals surface area (Å²) in [4.78, 5) is 0.906. The average Bonchev–Trinajstić information content (AvgIpc) is 2.67. The van der Waals surface area contributed by atoms with Crippen LogP contribution in [0.2, 0.25) is 0 Å². The Morgan fingerprint density at radius 2 is 2.25 bits per heavy atom. The normalized spacial score (nSPS) is 13.9. The molecule has 1 aromatic heterocycles. The third-order valence-corrected chi connectivity index (χ3v) is 3.58. The van der Waals surface area contributed by atoms with Crippen molar-refractivity contribution in [3.63, 3.8) is 0 Å². The van der Waals surface area contributed by atoms with Crippen LogP contribution in [0.1, 0.15) is 11.0 Å². The summed E-state index contributed by atoms with van der Waals surface area (Å²) in [5.74, 6) is 0. The maximum Gasteiger partial charge on any atom is 0.208 e. The third kappa shape index (κ3) is 5.57. The molecule has 0 aromatic carbocycles. The molecule has 0 bridgehead atoms. The summed E-state index contributed by atoms with van der Waals surface area (Å²) in [6.45, 7) is 1.25. The number of aliphatic hydroxyl groups is 1. The fraction of sp³-hybridized carbons (Fsp3) is 0.556. The van der Waals surface area contributed by atoms with Gasteiger partial charge in [0, 0.05) is 24.5 Å². The first-order valence-corrected chi connectivity index (χ1v) is 7.63. The lowest BCUT2D eigenvalue weighted by atomic mass is 10.3. The number of nitrogens with one attached hydrogen (secondary N) is 2. The van der Waals surface area contributed by atoms with Gasteiger partial charge in [-0.1, -0.05) is 6.07 Å². The lowest BCUT2D eigenvalue weighted by Crippen LogP contribution is -2.32. The van der Waals surface area contributed by atoms with Gasteiger partial charge in [-0.2, -0.15) is 0 Å². The van der Waals surface area contributed by atoms with Crippen molar-refractivity contribution in [1.82, 2.24) is 10.0 Å². The van der Waals surface area contributed by atoms with Crippen molar-refractivity contribution in [1.29, 1.82) is 0 Å². The summed E-state index contributed by atoms with van der Waals surface area (Å²) in [5, 5.41) is 14.6. The molecule has 3 N–H and O–H groups in total. The monoisotopic (exact) mass is 264 g/mol. The highest BCUT2D eigenvalue weighted by molar-refractivity contribution is 7.88. The first-order chi connectivity index (χ1) is 7.49. The van der Waals surface area contributed by atoms with E-state index in [2.05, 4.69) is 10.0 Å². The summed E-state index contributed by atoms with van der Waals surface area (Å²) in [5.41, 5.74) is 0. The fourth-order valence-corrected chi connectivity index (χ4v) is 2.33. The third-order valence-electron chi connectivity index (χ3n) is 1.88. The van der Waals surface area contributed by atoms with Gasteiger partial charge >= 0.3 is 0 Å². The van der Waals surface area contributed by atoms with Gasteiger partial charge in [0.25, 0.3) is 0 Å². The highest BCUT2D eigenvalue weighted by atomic mass is 32.2. The molecule has 1 rings (SSSR count). The van der Waals surface area contributed by atoms with Gasteiger partial charge in [0.05, 0.1) is 6.26 Å². The Kier molecular flexibility index (Phi) is 5.36. The van der Waals surface area contributed by atoms with Crippen LogP contribution in [-0.4, -0.2) is 39.4 Å². The molecule has 0 amide bonds. The Balaban J connectivity index is 2.12. The lowest BCUT2D eigenvalue weighted by Gasteiger charge is -2.09. The second-order valence-corrected chi connectivity index (χ2v) is 6.21. The molecule has 0 radical (unpaired) electrons. The van der Waals surface area contributed by atoms with Crippen molar-refractivity contribution >= 4 is 21.4 Å². The van der Waals surface area contributed by atoms with Crippen LogP contribution in [0, 0.1) is 0 Å². The van der Waals surface area contributed by atoms with E-state index in [4.69, 9.17) is 0 Å². The molecule has 7 heteroatoms. The van der Waals surface area contributed by atoms with Crippen LogP contribution in [0.25, 0.3) is 0 Å². The van der Waals surface area contributed by atoms with Gasteiger partial charge in [-0.05, 0) is 11.4 Å². The van der Waals surface area contributed by atoms with Gasteiger partial charge in [-0.3, -0.25) is 0 Å². The van der Waals surface area contributed by atoms with Crippen LogP contribution in [0.15, 0.2) is 17.5 Å². The molecule has 92 valence electrons. The van der Waals surface area contributed by atoms with Crippen molar-refractivity contribution in [2.24, 2.45) is 0 Å². The van der Waals surface area contributed by atoms with Crippen LogP contribution in [0.3, 0.4) is 0 Å². The van der Waals surface area contributed by atoms with E-state index in [-0.39, 0.29) is 0 Å². The van der Waals surface area contributed by atoms with Crippen molar-refractivity contribution < 1.29 is 13.5 Å². The first-order valence-electron chi connectivity index (χ1n) is 4.86. The molecule has 0 aliphatic heterocycles. The second kappa shape index (κ2) is 6.31. The summed E-state index contributed by atoms with van der Waals surface area (Å²) >= 11 is 1.50. The SMILES string of the molecule is CS(=O)(=O)NCCNCC(O)c1cccs1. The molecule has 1 aromatic rings. The Morgan fingerprint density at radius 3 is 2.81 bits per heavy atom. The largest absolute Gasteiger partial charge is 0.386 e. The molecule has 0 saturated carbocycles. The van der Waals surface area contributed by atoms with Gasteiger partial charge in [-0.15, -0.1) is 11.3 Å².